The summed E-state index contributed by atoms with van der Waals surface area (Å²) < 4.78 is 4.77. The maximum absolute atomic E-state index is 12.7. The Morgan fingerprint density at radius 2 is 1.93 bits per heavy atom. The lowest BCUT2D eigenvalue weighted by molar-refractivity contribution is 0.0600. The summed E-state index contributed by atoms with van der Waals surface area (Å²) in [6, 6.07) is 15.7. The molecule has 0 bridgehead atoms. The summed E-state index contributed by atoms with van der Waals surface area (Å²) in [6.07, 6.45) is 1.72. The van der Waals surface area contributed by atoms with Crippen molar-refractivity contribution in [2.24, 2.45) is 0 Å². The fourth-order valence-electron chi connectivity index (χ4n) is 3.21. The van der Waals surface area contributed by atoms with Crippen molar-refractivity contribution in [1.82, 2.24) is 4.90 Å². The molecule has 2 amide bonds. The number of nitrogens with zero attached hydrogens (tertiary/aromatic N) is 2. The third-order valence-corrected chi connectivity index (χ3v) is 4.45. The van der Waals surface area contributed by atoms with Gasteiger partial charge in [0, 0.05) is 12.2 Å². The van der Waals surface area contributed by atoms with Crippen molar-refractivity contribution < 1.29 is 14.3 Å². The molecule has 2 aromatic rings. The van der Waals surface area contributed by atoms with Crippen LogP contribution in [-0.4, -0.2) is 30.6 Å². The lowest BCUT2D eigenvalue weighted by Crippen LogP contribution is -2.34. The molecule has 6 heteroatoms. The molecule has 6 nitrogen and oxygen atoms in total. The highest BCUT2D eigenvalue weighted by Crippen LogP contribution is 2.33. The van der Waals surface area contributed by atoms with Crippen molar-refractivity contribution in [2.75, 3.05) is 19.0 Å². The zero-order valence-electron chi connectivity index (χ0n) is 16.4. The number of likely N-dealkylation sites (tertiary alicyclic amines) is 1. The molecule has 28 heavy (non-hydrogen) atoms. The number of carbonyl (C=O) groups excluding carboxylic acids is 2. The predicted octanol–water partition coefficient (Wildman–Crippen LogP) is 4.74. The Morgan fingerprint density at radius 3 is 2.64 bits per heavy atom. The third-order valence-electron chi connectivity index (χ3n) is 4.45. The normalized spacial score (nSPS) is 15.1. The van der Waals surface area contributed by atoms with Crippen LogP contribution in [0.3, 0.4) is 0 Å². The predicted molar refractivity (Wildman–Crippen MR) is 108 cm³/mol. The fraction of sp³-hybridized carbons (Fsp3) is 0.318. The van der Waals surface area contributed by atoms with Crippen LogP contribution in [0.2, 0.25) is 0 Å². The number of hydrogen-bond donors (Lipinski definition) is 1. The van der Waals surface area contributed by atoms with E-state index in [1.165, 1.54) is 7.11 Å². The molecule has 0 radical (unpaired) electrons. The number of benzene rings is 2. The van der Waals surface area contributed by atoms with Crippen molar-refractivity contribution in [3.8, 4) is 6.07 Å². The molecule has 1 fully saturated rings. The summed E-state index contributed by atoms with van der Waals surface area (Å²) in [5.74, 6) is -0.394. The van der Waals surface area contributed by atoms with Gasteiger partial charge in [-0.05, 0) is 48.7 Å². The van der Waals surface area contributed by atoms with E-state index in [0.29, 0.717) is 23.4 Å². The van der Waals surface area contributed by atoms with Crippen LogP contribution in [0.1, 0.15) is 54.2 Å². The number of rotatable bonds is 3. The maximum Gasteiger partial charge on any atom is 0.337 e. The van der Waals surface area contributed by atoms with Crippen LogP contribution in [-0.2, 0) is 4.74 Å². The zero-order chi connectivity index (χ0) is 20.5. The molecule has 0 unspecified atom stereocenters. The van der Waals surface area contributed by atoms with E-state index in [0.717, 1.165) is 18.4 Å². The van der Waals surface area contributed by atoms with Crippen molar-refractivity contribution in [2.45, 2.75) is 32.7 Å². The molecule has 0 saturated carbocycles. The van der Waals surface area contributed by atoms with E-state index in [-0.39, 0.29) is 12.1 Å². The van der Waals surface area contributed by atoms with Gasteiger partial charge >= 0.3 is 12.0 Å². The Labute approximate surface area is 165 Å². The first-order chi connectivity index (χ1) is 13.6. The van der Waals surface area contributed by atoms with Crippen LogP contribution in [0, 0.1) is 11.3 Å². The van der Waals surface area contributed by atoms with E-state index in [2.05, 4.69) is 11.4 Å². The van der Waals surface area contributed by atoms with E-state index < -0.39 is 5.97 Å². The molecule has 1 heterocycles. The summed E-state index contributed by atoms with van der Waals surface area (Å²) >= 11 is 0. The molecule has 2 aromatic carbocycles. The first-order valence-electron chi connectivity index (χ1n) is 9.38. The Kier molecular flexibility index (Phi) is 7.58. The number of urea groups is 1. The fourth-order valence-corrected chi connectivity index (χ4v) is 3.21. The first kappa shape index (κ1) is 21.0. The highest BCUT2D eigenvalue weighted by molar-refractivity contribution is 5.91. The minimum absolute atomic E-state index is 0.0984. The molecule has 0 aliphatic carbocycles. The Balaban J connectivity index is 0.00000136. The minimum atomic E-state index is -0.394. The van der Waals surface area contributed by atoms with E-state index >= 15 is 0 Å². The number of hydrogen-bond acceptors (Lipinski definition) is 4. The van der Waals surface area contributed by atoms with Gasteiger partial charge in [-0.1, -0.05) is 32.0 Å². The molecule has 1 aliphatic rings. The van der Waals surface area contributed by atoms with Crippen LogP contribution in [0.5, 0.6) is 0 Å². The standard InChI is InChI=1S/C20H19N3O3.C2H6/c1-26-19(24)16-7-3-6-15(12-16)18-9-4-10-23(18)20(25)22-17-8-2-5-14(11-17)13-21;1-2/h2-3,5-8,11-12,18H,4,9-10H2,1H3,(H,22,25);1-2H3/t18-;/m1./s1. The largest absolute Gasteiger partial charge is 0.465 e. The van der Waals surface area contributed by atoms with E-state index in [1.54, 1.807) is 47.4 Å². The Morgan fingerprint density at radius 1 is 1.18 bits per heavy atom. The first-order valence-corrected chi connectivity index (χ1v) is 9.38. The second kappa shape index (κ2) is 10.1. The quantitative estimate of drug-likeness (QED) is 0.781. The summed E-state index contributed by atoms with van der Waals surface area (Å²) in [5, 5.41) is 11.8. The monoisotopic (exact) mass is 379 g/mol. The molecule has 1 atom stereocenters. The number of methoxy groups -OCH3 is 1. The highest BCUT2D eigenvalue weighted by atomic mass is 16.5. The SMILES string of the molecule is CC.COC(=O)c1cccc([C@H]2CCCN2C(=O)Nc2cccc(C#N)c2)c1. The van der Waals surface area contributed by atoms with Gasteiger partial charge in [0.25, 0.3) is 0 Å². The average Bonchev–Trinajstić information content (AvgIpc) is 3.25. The van der Waals surface area contributed by atoms with E-state index in [1.807, 2.05) is 19.9 Å². The van der Waals surface area contributed by atoms with Crippen LogP contribution in [0.25, 0.3) is 0 Å². The van der Waals surface area contributed by atoms with Gasteiger partial charge in [0.1, 0.15) is 0 Å². The van der Waals surface area contributed by atoms with Gasteiger partial charge in [0.05, 0.1) is 30.3 Å². The molecule has 3 rings (SSSR count). The molecular formula is C22H25N3O3. The van der Waals surface area contributed by atoms with Crippen LogP contribution < -0.4 is 5.32 Å². The lowest BCUT2D eigenvalue weighted by Gasteiger charge is -2.25. The molecule has 1 aliphatic heterocycles. The number of ether oxygens (including phenoxy) is 1. The molecule has 146 valence electrons. The van der Waals surface area contributed by atoms with Crippen molar-refractivity contribution >= 4 is 17.7 Å². The van der Waals surface area contributed by atoms with Gasteiger partial charge in [0.2, 0.25) is 0 Å². The topological polar surface area (TPSA) is 82.4 Å². The van der Waals surface area contributed by atoms with Gasteiger partial charge < -0.3 is 15.0 Å². The van der Waals surface area contributed by atoms with Gasteiger partial charge in [-0.25, -0.2) is 9.59 Å². The number of nitriles is 1. The minimum Gasteiger partial charge on any atom is -0.465 e. The lowest BCUT2D eigenvalue weighted by atomic mass is 10.0. The van der Waals surface area contributed by atoms with Crippen molar-refractivity contribution in [3.63, 3.8) is 0 Å². The van der Waals surface area contributed by atoms with Crippen LogP contribution in [0.15, 0.2) is 48.5 Å². The van der Waals surface area contributed by atoms with Gasteiger partial charge in [-0.15, -0.1) is 0 Å². The van der Waals surface area contributed by atoms with Crippen molar-refractivity contribution in [1.29, 1.82) is 5.26 Å². The number of nitrogens with one attached hydrogen (secondary N) is 1. The molecule has 0 spiro atoms. The smallest absolute Gasteiger partial charge is 0.337 e. The second-order valence-electron chi connectivity index (χ2n) is 6.09. The number of carbonyl (C=O) groups is 2. The second-order valence-corrected chi connectivity index (χ2v) is 6.09. The Bertz CT molecular complexity index is 873. The summed E-state index contributed by atoms with van der Waals surface area (Å²) in [4.78, 5) is 26.2. The van der Waals surface area contributed by atoms with E-state index in [9.17, 15) is 9.59 Å². The number of anilines is 1. The number of amides is 2. The Hall–Kier alpha value is -3.33. The van der Waals surface area contributed by atoms with Crippen LogP contribution >= 0.6 is 0 Å². The molecule has 1 N–H and O–H groups in total. The summed E-state index contributed by atoms with van der Waals surface area (Å²) in [6.45, 7) is 4.64. The van der Waals surface area contributed by atoms with Crippen LogP contribution in [0.4, 0.5) is 10.5 Å². The highest BCUT2D eigenvalue weighted by Gasteiger charge is 2.30. The number of esters is 1. The van der Waals surface area contributed by atoms with E-state index in [4.69, 9.17) is 10.00 Å². The summed E-state index contributed by atoms with van der Waals surface area (Å²) in [7, 11) is 1.35. The van der Waals surface area contributed by atoms with Gasteiger partial charge in [0.15, 0.2) is 0 Å². The molecular weight excluding hydrogens is 354 g/mol. The third kappa shape index (κ3) is 4.89. The van der Waals surface area contributed by atoms with Gasteiger partial charge in [-0.2, -0.15) is 5.26 Å². The van der Waals surface area contributed by atoms with Gasteiger partial charge in [-0.3, -0.25) is 0 Å². The average molecular weight is 379 g/mol. The zero-order valence-corrected chi connectivity index (χ0v) is 16.4. The molecule has 0 aromatic heterocycles. The maximum atomic E-state index is 12.7. The summed E-state index contributed by atoms with van der Waals surface area (Å²) in [5.41, 5.74) is 2.46. The molecule has 1 saturated heterocycles. The van der Waals surface area contributed by atoms with Crippen molar-refractivity contribution in [3.05, 3.63) is 65.2 Å².